The van der Waals surface area contributed by atoms with Gasteiger partial charge in [-0.3, -0.25) is 4.79 Å². The van der Waals surface area contributed by atoms with E-state index >= 15 is 0 Å². The second-order valence-electron chi connectivity index (χ2n) is 10.1. The summed E-state index contributed by atoms with van der Waals surface area (Å²) < 4.78 is 28.0. The SMILES string of the molecule is C[C@H]1O[C@@H](OC[C@H]2O[C@@H](Oc3c(-c4ccc(O)cc4)oc4cc(O)cc(O)c4c3=O)[C@H](O)[C@@H](O)[C@@H]2O)[C@H](O)[C@@H](O)[C@@H]1O. The van der Waals surface area contributed by atoms with Crippen LogP contribution in [0.4, 0.5) is 0 Å². The fraction of sp³-hybridized carbons (Fsp3) is 0.444. The summed E-state index contributed by atoms with van der Waals surface area (Å²) in [6.45, 7) is 0.866. The van der Waals surface area contributed by atoms with Crippen molar-refractivity contribution in [3.8, 4) is 34.3 Å². The third-order valence-corrected chi connectivity index (χ3v) is 7.18. The molecule has 0 spiro atoms. The molecule has 228 valence electrons. The molecule has 0 radical (unpaired) electrons. The van der Waals surface area contributed by atoms with Crippen LogP contribution in [0.5, 0.6) is 23.0 Å². The summed E-state index contributed by atoms with van der Waals surface area (Å²) in [5, 5.41) is 91.4. The van der Waals surface area contributed by atoms with Gasteiger partial charge >= 0.3 is 0 Å². The number of benzene rings is 2. The molecule has 2 saturated heterocycles. The van der Waals surface area contributed by atoms with E-state index < -0.39 is 90.7 Å². The standard InChI is InChI=1S/C27H30O15/c1-9-17(31)20(34)22(36)26(39-9)38-8-15-18(32)21(35)23(37)27(41-15)42-25-19(33)16-13(30)6-12(29)7-14(16)40-24(25)10-2-4-11(28)5-3-10/h2-7,9,15,17-18,20-23,26-32,34-37H,8H2,1H3/t9-,15-,17-,18-,20+,21+,22-,23-,26-,27+/m1/s1. The van der Waals surface area contributed by atoms with Crippen LogP contribution in [0.2, 0.25) is 0 Å². The summed E-state index contributed by atoms with van der Waals surface area (Å²) in [5.41, 5.74) is -0.956. The molecule has 0 amide bonds. The van der Waals surface area contributed by atoms with Crippen LogP contribution in [-0.2, 0) is 14.2 Å². The molecule has 0 unspecified atom stereocenters. The number of hydrogen-bond acceptors (Lipinski definition) is 15. The second-order valence-corrected chi connectivity index (χ2v) is 10.1. The molecule has 0 aliphatic carbocycles. The predicted molar refractivity (Wildman–Crippen MR) is 139 cm³/mol. The Morgan fingerprint density at radius 1 is 0.762 bits per heavy atom. The van der Waals surface area contributed by atoms with Gasteiger partial charge in [-0.05, 0) is 31.2 Å². The van der Waals surface area contributed by atoms with Gasteiger partial charge in [0, 0.05) is 17.7 Å². The minimum absolute atomic E-state index is 0.103. The summed E-state index contributed by atoms with van der Waals surface area (Å²) in [7, 11) is 0. The maximum absolute atomic E-state index is 13.5. The molecule has 3 heterocycles. The van der Waals surface area contributed by atoms with E-state index in [9.17, 15) is 50.8 Å². The predicted octanol–water partition coefficient (Wildman–Crippen LogP) is -1.39. The third-order valence-electron chi connectivity index (χ3n) is 7.18. The van der Waals surface area contributed by atoms with Crippen molar-refractivity contribution >= 4 is 11.0 Å². The molecule has 2 aromatic carbocycles. The molecule has 15 heteroatoms. The van der Waals surface area contributed by atoms with Crippen molar-refractivity contribution in [1.29, 1.82) is 0 Å². The van der Waals surface area contributed by atoms with E-state index in [1.54, 1.807) is 0 Å². The molecule has 0 bridgehead atoms. The average molecular weight is 595 g/mol. The molecular weight excluding hydrogens is 564 g/mol. The molecule has 9 N–H and O–H groups in total. The van der Waals surface area contributed by atoms with Crippen LogP contribution in [0.1, 0.15) is 6.92 Å². The van der Waals surface area contributed by atoms with Gasteiger partial charge in [0.15, 0.2) is 12.1 Å². The lowest BCUT2D eigenvalue weighted by Gasteiger charge is -2.42. The summed E-state index contributed by atoms with van der Waals surface area (Å²) in [4.78, 5) is 13.5. The highest BCUT2D eigenvalue weighted by molar-refractivity contribution is 5.88. The summed E-state index contributed by atoms with van der Waals surface area (Å²) >= 11 is 0. The number of aromatic hydroxyl groups is 3. The van der Waals surface area contributed by atoms with Crippen LogP contribution in [0.25, 0.3) is 22.3 Å². The van der Waals surface area contributed by atoms with Gasteiger partial charge < -0.3 is 69.3 Å². The highest BCUT2D eigenvalue weighted by Gasteiger charge is 2.47. The van der Waals surface area contributed by atoms with Gasteiger partial charge in [0.2, 0.25) is 17.5 Å². The summed E-state index contributed by atoms with van der Waals surface area (Å²) in [6, 6.07) is 7.33. The van der Waals surface area contributed by atoms with E-state index in [1.807, 2.05) is 0 Å². The molecule has 10 atom stereocenters. The molecular formula is C27H30O15. The van der Waals surface area contributed by atoms with E-state index in [-0.39, 0.29) is 28.0 Å². The van der Waals surface area contributed by atoms with Gasteiger partial charge in [-0.15, -0.1) is 0 Å². The highest BCUT2D eigenvalue weighted by atomic mass is 16.7. The number of fused-ring (bicyclic) bond motifs is 1. The van der Waals surface area contributed by atoms with Crippen molar-refractivity contribution in [2.75, 3.05) is 6.61 Å². The second kappa shape index (κ2) is 11.6. The Kier molecular flexibility index (Phi) is 8.30. The van der Waals surface area contributed by atoms with Crippen LogP contribution in [0.15, 0.2) is 45.6 Å². The van der Waals surface area contributed by atoms with Crippen LogP contribution in [0.3, 0.4) is 0 Å². The van der Waals surface area contributed by atoms with Crippen molar-refractivity contribution in [1.82, 2.24) is 0 Å². The van der Waals surface area contributed by atoms with Crippen molar-refractivity contribution in [2.45, 2.75) is 68.3 Å². The molecule has 15 nitrogen and oxygen atoms in total. The molecule has 2 aliphatic heterocycles. The quantitative estimate of drug-likeness (QED) is 0.159. The lowest BCUT2D eigenvalue weighted by molar-refractivity contribution is -0.318. The Morgan fingerprint density at radius 2 is 1.40 bits per heavy atom. The van der Waals surface area contributed by atoms with E-state index in [4.69, 9.17) is 23.4 Å². The topological polar surface area (TPSA) is 249 Å². The minimum Gasteiger partial charge on any atom is -0.508 e. The number of phenolic OH excluding ortho intramolecular Hbond substituents is 3. The monoisotopic (exact) mass is 594 g/mol. The first-order valence-corrected chi connectivity index (χ1v) is 12.9. The minimum atomic E-state index is -1.92. The van der Waals surface area contributed by atoms with Gasteiger partial charge in [0.1, 0.15) is 70.9 Å². The van der Waals surface area contributed by atoms with Gasteiger partial charge in [0.25, 0.3) is 0 Å². The maximum atomic E-state index is 13.5. The van der Waals surface area contributed by atoms with Crippen molar-refractivity contribution in [3.63, 3.8) is 0 Å². The largest absolute Gasteiger partial charge is 0.508 e. The Labute approximate surface area is 236 Å². The van der Waals surface area contributed by atoms with Gasteiger partial charge in [-0.1, -0.05) is 0 Å². The Balaban J connectivity index is 1.46. The molecule has 0 saturated carbocycles. The number of phenols is 3. The van der Waals surface area contributed by atoms with Crippen LogP contribution < -0.4 is 10.2 Å². The summed E-state index contributed by atoms with van der Waals surface area (Å²) in [6.07, 6.45) is -15.8. The van der Waals surface area contributed by atoms with E-state index in [2.05, 4.69) is 0 Å². The fourth-order valence-corrected chi connectivity index (χ4v) is 4.79. The van der Waals surface area contributed by atoms with Crippen molar-refractivity contribution < 1.29 is 69.3 Å². The van der Waals surface area contributed by atoms with Crippen LogP contribution in [0, 0.1) is 0 Å². The first-order valence-electron chi connectivity index (χ1n) is 12.9. The van der Waals surface area contributed by atoms with Gasteiger partial charge in [-0.25, -0.2) is 0 Å². The molecule has 1 aromatic heterocycles. The first kappa shape index (κ1) is 30.0. The van der Waals surface area contributed by atoms with Gasteiger partial charge in [0.05, 0.1) is 12.7 Å². The van der Waals surface area contributed by atoms with E-state index in [0.717, 1.165) is 12.1 Å². The maximum Gasteiger partial charge on any atom is 0.239 e. The zero-order valence-corrected chi connectivity index (χ0v) is 21.9. The number of aliphatic hydroxyl groups excluding tert-OH is 6. The highest BCUT2D eigenvalue weighted by Crippen LogP contribution is 2.37. The average Bonchev–Trinajstić information content (AvgIpc) is 2.95. The molecule has 2 fully saturated rings. The molecule has 2 aliphatic rings. The molecule has 3 aromatic rings. The Bertz CT molecular complexity index is 1470. The van der Waals surface area contributed by atoms with E-state index in [0.29, 0.717) is 0 Å². The lowest BCUT2D eigenvalue weighted by Crippen LogP contribution is -2.61. The van der Waals surface area contributed by atoms with Gasteiger partial charge in [-0.2, -0.15) is 0 Å². The fourth-order valence-electron chi connectivity index (χ4n) is 4.79. The zero-order chi connectivity index (χ0) is 30.5. The number of ether oxygens (including phenoxy) is 4. The zero-order valence-electron chi connectivity index (χ0n) is 21.9. The first-order chi connectivity index (χ1) is 19.9. The normalized spacial score (nSPS) is 33.5. The van der Waals surface area contributed by atoms with Crippen molar-refractivity contribution in [3.05, 3.63) is 46.6 Å². The summed E-state index contributed by atoms with van der Waals surface area (Å²) in [5.74, 6) is -1.97. The third kappa shape index (κ3) is 5.49. The van der Waals surface area contributed by atoms with Crippen molar-refractivity contribution in [2.24, 2.45) is 0 Å². The number of rotatable bonds is 6. The molecule has 5 rings (SSSR count). The van der Waals surface area contributed by atoms with Crippen LogP contribution in [-0.4, -0.2) is 114 Å². The van der Waals surface area contributed by atoms with E-state index in [1.165, 1.54) is 31.2 Å². The smallest absolute Gasteiger partial charge is 0.239 e. The molecule has 42 heavy (non-hydrogen) atoms. The van der Waals surface area contributed by atoms with Crippen LogP contribution >= 0.6 is 0 Å². The Hall–Kier alpha value is -3.51. The number of aliphatic hydroxyl groups is 6. The lowest BCUT2D eigenvalue weighted by atomic mass is 9.98. The number of hydrogen-bond donors (Lipinski definition) is 9. The Morgan fingerprint density at radius 3 is 2.10 bits per heavy atom.